The van der Waals surface area contributed by atoms with Crippen LogP contribution in [0.4, 0.5) is 5.69 Å². The smallest absolute Gasteiger partial charge is 0.231 e. The summed E-state index contributed by atoms with van der Waals surface area (Å²) in [5.74, 6) is 0.104. The lowest BCUT2D eigenvalue weighted by Crippen LogP contribution is -2.38. The Morgan fingerprint density at radius 1 is 1.50 bits per heavy atom. The average molecular weight is 253 g/mol. The van der Waals surface area contributed by atoms with Crippen molar-refractivity contribution in [1.29, 1.82) is 0 Å². The summed E-state index contributed by atoms with van der Waals surface area (Å²) in [6.07, 6.45) is -0.714. The number of primary amides is 1. The van der Waals surface area contributed by atoms with Crippen molar-refractivity contribution >= 4 is 11.6 Å². The number of hydrogen-bond acceptors (Lipinski definition) is 5. The zero-order valence-electron chi connectivity index (χ0n) is 10.4. The third-order valence-electron chi connectivity index (χ3n) is 2.30. The number of nitrogens with zero attached hydrogens (tertiary/aromatic N) is 1. The van der Waals surface area contributed by atoms with Gasteiger partial charge in [-0.3, -0.25) is 9.69 Å². The van der Waals surface area contributed by atoms with Crippen molar-refractivity contribution in [1.82, 2.24) is 4.90 Å². The van der Waals surface area contributed by atoms with Crippen molar-refractivity contribution in [3.63, 3.8) is 0 Å². The van der Waals surface area contributed by atoms with E-state index in [9.17, 15) is 9.90 Å². The van der Waals surface area contributed by atoms with Gasteiger partial charge in [0, 0.05) is 6.54 Å². The Morgan fingerprint density at radius 3 is 2.78 bits per heavy atom. The molecule has 0 aliphatic carbocycles. The van der Waals surface area contributed by atoms with Gasteiger partial charge in [0.1, 0.15) is 18.5 Å². The van der Waals surface area contributed by atoms with Crippen LogP contribution in [0.25, 0.3) is 0 Å². The minimum absolute atomic E-state index is 0.102. The van der Waals surface area contributed by atoms with Crippen LogP contribution in [-0.4, -0.2) is 48.8 Å². The van der Waals surface area contributed by atoms with Crippen LogP contribution in [0.5, 0.6) is 5.75 Å². The number of carbonyl (C=O) groups excluding carboxylic acids is 1. The molecule has 1 amide bonds. The predicted molar refractivity (Wildman–Crippen MR) is 69.0 cm³/mol. The molecule has 18 heavy (non-hydrogen) atoms. The van der Waals surface area contributed by atoms with Gasteiger partial charge >= 0.3 is 0 Å². The second-order valence-corrected chi connectivity index (χ2v) is 4.17. The van der Waals surface area contributed by atoms with E-state index in [2.05, 4.69) is 0 Å². The third kappa shape index (κ3) is 5.03. The Hall–Kier alpha value is -1.79. The second-order valence-electron chi connectivity index (χ2n) is 4.17. The fraction of sp³-hybridized carbons (Fsp3) is 0.417. The third-order valence-corrected chi connectivity index (χ3v) is 2.30. The number of ether oxygens (including phenoxy) is 1. The molecule has 0 aliphatic rings. The van der Waals surface area contributed by atoms with E-state index < -0.39 is 12.0 Å². The standard InChI is InChI=1S/C12H19N3O3/c1-15(7-12(14)17)6-9(16)8-18-11-5-3-2-4-10(11)13/h2-5,9,16H,6-8,13H2,1H3,(H2,14,17). The number of aliphatic hydroxyl groups excluding tert-OH is 1. The lowest BCUT2D eigenvalue weighted by atomic mass is 10.3. The van der Waals surface area contributed by atoms with Gasteiger partial charge in [0.15, 0.2) is 0 Å². The zero-order valence-corrected chi connectivity index (χ0v) is 10.4. The van der Waals surface area contributed by atoms with Gasteiger partial charge in [-0.25, -0.2) is 0 Å². The first-order valence-electron chi connectivity index (χ1n) is 5.61. The summed E-state index contributed by atoms with van der Waals surface area (Å²) in [6.45, 7) is 0.511. The largest absolute Gasteiger partial charge is 0.489 e. The van der Waals surface area contributed by atoms with Gasteiger partial charge in [0.2, 0.25) is 5.91 Å². The fourth-order valence-electron chi connectivity index (χ4n) is 1.54. The minimum Gasteiger partial charge on any atom is -0.489 e. The molecule has 0 spiro atoms. The Morgan fingerprint density at radius 2 is 2.17 bits per heavy atom. The molecule has 100 valence electrons. The molecule has 0 saturated carbocycles. The van der Waals surface area contributed by atoms with Crippen LogP contribution in [0, 0.1) is 0 Å². The summed E-state index contributed by atoms with van der Waals surface area (Å²) in [7, 11) is 1.70. The normalized spacial score (nSPS) is 12.4. The van der Waals surface area contributed by atoms with Crippen LogP contribution < -0.4 is 16.2 Å². The molecule has 1 atom stereocenters. The van der Waals surface area contributed by atoms with Crippen molar-refractivity contribution in [3.8, 4) is 5.75 Å². The van der Waals surface area contributed by atoms with Gasteiger partial charge in [-0.2, -0.15) is 0 Å². The van der Waals surface area contributed by atoms with Gasteiger partial charge in [-0.1, -0.05) is 12.1 Å². The lowest BCUT2D eigenvalue weighted by molar-refractivity contribution is -0.119. The van der Waals surface area contributed by atoms with Crippen molar-refractivity contribution in [3.05, 3.63) is 24.3 Å². The SMILES string of the molecule is CN(CC(N)=O)CC(O)COc1ccccc1N. The maximum Gasteiger partial charge on any atom is 0.231 e. The zero-order chi connectivity index (χ0) is 13.5. The molecule has 0 fully saturated rings. The van der Waals surface area contributed by atoms with Gasteiger partial charge in [0.05, 0.1) is 12.2 Å². The van der Waals surface area contributed by atoms with E-state index in [1.165, 1.54) is 0 Å². The Labute approximate surface area is 106 Å². The molecule has 1 aromatic carbocycles. The highest BCUT2D eigenvalue weighted by Crippen LogP contribution is 2.19. The first-order valence-corrected chi connectivity index (χ1v) is 5.61. The topological polar surface area (TPSA) is 102 Å². The summed E-state index contributed by atoms with van der Waals surface area (Å²) in [5, 5.41) is 9.73. The van der Waals surface area contributed by atoms with Gasteiger partial charge in [-0.05, 0) is 19.2 Å². The number of likely N-dealkylation sites (N-methyl/N-ethyl adjacent to an activating group) is 1. The van der Waals surface area contributed by atoms with Crippen molar-refractivity contribution < 1.29 is 14.6 Å². The monoisotopic (exact) mass is 253 g/mol. The average Bonchev–Trinajstić information content (AvgIpc) is 2.26. The molecule has 1 aromatic rings. The molecular weight excluding hydrogens is 234 g/mol. The van der Waals surface area contributed by atoms with E-state index in [0.29, 0.717) is 18.0 Å². The highest BCUT2D eigenvalue weighted by atomic mass is 16.5. The van der Waals surface area contributed by atoms with E-state index in [1.807, 2.05) is 0 Å². The molecule has 1 unspecified atom stereocenters. The number of carbonyl (C=O) groups is 1. The number of anilines is 1. The summed E-state index contributed by atoms with van der Waals surface area (Å²) < 4.78 is 5.39. The number of aliphatic hydroxyl groups is 1. The van der Waals surface area contributed by atoms with Crippen LogP contribution in [0.15, 0.2) is 24.3 Å². The number of para-hydroxylation sites is 2. The van der Waals surface area contributed by atoms with Crippen LogP contribution in [0.3, 0.4) is 0 Å². The molecule has 0 bridgehead atoms. The Kier molecular flexibility index (Phi) is 5.41. The van der Waals surface area contributed by atoms with E-state index in [0.717, 1.165) is 0 Å². The van der Waals surface area contributed by atoms with E-state index >= 15 is 0 Å². The molecule has 5 N–H and O–H groups in total. The summed E-state index contributed by atoms with van der Waals surface area (Å²) in [5.41, 5.74) is 11.3. The highest BCUT2D eigenvalue weighted by molar-refractivity contribution is 5.75. The first-order chi connectivity index (χ1) is 8.49. The van der Waals surface area contributed by atoms with Crippen LogP contribution in [0.1, 0.15) is 0 Å². The van der Waals surface area contributed by atoms with Gasteiger partial charge in [-0.15, -0.1) is 0 Å². The molecular formula is C12H19N3O3. The van der Waals surface area contributed by atoms with Crippen LogP contribution in [-0.2, 0) is 4.79 Å². The number of hydrogen-bond donors (Lipinski definition) is 3. The van der Waals surface area contributed by atoms with E-state index in [-0.39, 0.29) is 13.2 Å². The molecule has 0 radical (unpaired) electrons. The van der Waals surface area contributed by atoms with Gasteiger partial charge in [0.25, 0.3) is 0 Å². The molecule has 0 heterocycles. The maximum absolute atomic E-state index is 10.7. The fourth-order valence-corrected chi connectivity index (χ4v) is 1.54. The summed E-state index contributed by atoms with van der Waals surface area (Å²) in [6, 6.07) is 7.06. The van der Waals surface area contributed by atoms with Crippen molar-refractivity contribution in [2.75, 3.05) is 32.5 Å². The summed E-state index contributed by atoms with van der Waals surface area (Å²) >= 11 is 0. The van der Waals surface area contributed by atoms with Crippen LogP contribution >= 0.6 is 0 Å². The van der Waals surface area contributed by atoms with E-state index in [1.54, 1.807) is 36.2 Å². The Bertz CT molecular complexity index is 398. The van der Waals surface area contributed by atoms with Crippen molar-refractivity contribution in [2.45, 2.75) is 6.10 Å². The van der Waals surface area contributed by atoms with Crippen molar-refractivity contribution in [2.24, 2.45) is 5.73 Å². The maximum atomic E-state index is 10.7. The molecule has 6 heteroatoms. The molecule has 0 aromatic heterocycles. The number of nitrogens with two attached hydrogens (primary N) is 2. The molecule has 0 aliphatic heterocycles. The molecule has 1 rings (SSSR count). The van der Waals surface area contributed by atoms with E-state index in [4.69, 9.17) is 16.2 Å². The Balaban J connectivity index is 2.35. The number of rotatable bonds is 7. The second kappa shape index (κ2) is 6.83. The van der Waals surface area contributed by atoms with Gasteiger partial charge < -0.3 is 21.3 Å². The molecule has 0 saturated heterocycles. The number of benzene rings is 1. The van der Waals surface area contributed by atoms with Crippen LogP contribution in [0.2, 0.25) is 0 Å². The highest BCUT2D eigenvalue weighted by Gasteiger charge is 2.11. The number of nitrogen functional groups attached to an aromatic ring is 1. The predicted octanol–water partition coefficient (Wildman–Crippen LogP) is -0.574. The summed E-state index contributed by atoms with van der Waals surface area (Å²) in [4.78, 5) is 12.3. The quantitative estimate of drug-likeness (QED) is 0.565. The first kappa shape index (κ1) is 14.3. The molecule has 6 nitrogen and oxygen atoms in total. The minimum atomic E-state index is -0.714. The lowest BCUT2D eigenvalue weighted by Gasteiger charge is -2.19. The number of amides is 1.